The summed E-state index contributed by atoms with van der Waals surface area (Å²) in [5.74, 6) is 0.414. The van der Waals surface area contributed by atoms with E-state index in [0.717, 1.165) is 29.4 Å². The van der Waals surface area contributed by atoms with Crippen LogP contribution in [0.1, 0.15) is 35.0 Å². The first-order valence-electron chi connectivity index (χ1n) is 6.40. The first-order chi connectivity index (χ1) is 9.22. The monoisotopic (exact) mass is 257 g/mol. The average Bonchev–Trinajstić information content (AvgIpc) is 2.68. The second kappa shape index (κ2) is 4.46. The minimum absolute atomic E-state index is 0.172. The molecule has 1 aliphatic heterocycles. The van der Waals surface area contributed by atoms with Gasteiger partial charge in [-0.05, 0) is 31.9 Å². The van der Waals surface area contributed by atoms with Crippen molar-refractivity contribution in [3.8, 4) is 5.75 Å². The van der Waals surface area contributed by atoms with E-state index in [2.05, 4.69) is 5.32 Å². The molecule has 0 atom stereocenters. The largest absolute Gasteiger partial charge is 0.507 e. The first-order valence-corrected chi connectivity index (χ1v) is 6.40. The van der Waals surface area contributed by atoms with E-state index in [4.69, 9.17) is 4.42 Å². The van der Waals surface area contributed by atoms with Gasteiger partial charge in [0.05, 0.1) is 0 Å². The van der Waals surface area contributed by atoms with Gasteiger partial charge < -0.3 is 14.8 Å². The maximum absolute atomic E-state index is 11.9. The number of furan rings is 1. The molecule has 4 nitrogen and oxygen atoms in total. The smallest absolute Gasteiger partial charge is 0.287 e. The summed E-state index contributed by atoms with van der Waals surface area (Å²) < 4.78 is 5.67. The number of amides is 1. The van der Waals surface area contributed by atoms with Gasteiger partial charge in [0.2, 0.25) is 0 Å². The lowest BCUT2D eigenvalue weighted by Crippen LogP contribution is -2.22. The van der Waals surface area contributed by atoms with Crippen molar-refractivity contribution in [1.29, 1.82) is 0 Å². The SMILES string of the molecule is CC=Cc1c(O)ccc2oc3c(c12)CCCNC3=O. The third kappa shape index (κ3) is 1.80. The molecule has 19 heavy (non-hydrogen) atoms. The van der Waals surface area contributed by atoms with Crippen LogP contribution in [0.2, 0.25) is 0 Å². The van der Waals surface area contributed by atoms with Crippen LogP contribution in [0, 0.1) is 0 Å². The number of phenolic OH excluding ortho intramolecular Hbond substituents is 1. The van der Waals surface area contributed by atoms with E-state index >= 15 is 0 Å². The van der Waals surface area contributed by atoms with Gasteiger partial charge in [-0.1, -0.05) is 12.2 Å². The van der Waals surface area contributed by atoms with E-state index in [0.29, 0.717) is 17.9 Å². The van der Waals surface area contributed by atoms with E-state index in [9.17, 15) is 9.90 Å². The average molecular weight is 257 g/mol. The number of phenols is 1. The normalized spacial score (nSPS) is 15.5. The minimum atomic E-state index is -0.172. The summed E-state index contributed by atoms with van der Waals surface area (Å²) >= 11 is 0. The quantitative estimate of drug-likeness (QED) is 0.825. The number of rotatable bonds is 1. The Kier molecular flexibility index (Phi) is 2.78. The number of allylic oxidation sites excluding steroid dienone is 1. The Morgan fingerprint density at radius 2 is 2.26 bits per heavy atom. The Morgan fingerprint density at radius 3 is 3.05 bits per heavy atom. The highest BCUT2D eigenvalue weighted by atomic mass is 16.3. The number of hydrogen-bond donors (Lipinski definition) is 2. The van der Waals surface area contributed by atoms with Crippen molar-refractivity contribution in [3.63, 3.8) is 0 Å². The van der Waals surface area contributed by atoms with Gasteiger partial charge in [0.25, 0.3) is 5.91 Å². The van der Waals surface area contributed by atoms with Crippen molar-refractivity contribution in [3.05, 3.63) is 35.1 Å². The van der Waals surface area contributed by atoms with Crippen LogP contribution < -0.4 is 5.32 Å². The van der Waals surface area contributed by atoms with Gasteiger partial charge >= 0.3 is 0 Å². The van der Waals surface area contributed by atoms with Gasteiger partial charge in [-0.25, -0.2) is 0 Å². The zero-order chi connectivity index (χ0) is 13.4. The Morgan fingerprint density at radius 1 is 1.42 bits per heavy atom. The van der Waals surface area contributed by atoms with Crippen LogP contribution in [0.15, 0.2) is 22.6 Å². The van der Waals surface area contributed by atoms with Crippen LogP contribution in [-0.2, 0) is 6.42 Å². The fourth-order valence-corrected chi connectivity index (χ4v) is 2.57. The number of aromatic hydroxyl groups is 1. The topological polar surface area (TPSA) is 62.5 Å². The second-order valence-corrected chi connectivity index (χ2v) is 4.64. The fraction of sp³-hybridized carbons (Fsp3) is 0.267. The summed E-state index contributed by atoms with van der Waals surface area (Å²) in [5, 5.41) is 13.7. The van der Waals surface area contributed by atoms with E-state index < -0.39 is 0 Å². The first kappa shape index (κ1) is 11.8. The number of benzene rings is 1. The minimum Gasteiger partial charge on any atom is -0.507 e. The molecule has 1 aromatic heterocycles. The fourth-order valence-electron chi connectivity index (χ4n) is 2.57. The third-order valence-electron chi connectivity index (χ3n) is 3.40. The molecule has 4 heteroatoms. The Balaban J connectivity index is 2.36. The summed E-state index contributed by atoms with van der Waals surface area (Å²) in [6.07, 6.45) is 5.36. The van der Waals surface area contributed by atoms with Crippen LogP contribution in [0.5, 0.6) is 5.75 Å². The van der Waals surface area contributed by atoms with E-state index in [1.807, 2.05) is 19.1 Å². The van der Waals surface area contributed by atoms with Crippen LogP contribution in [0.25, 0.3) is 17.0 Å². The molecule has 2 heterocycles. The molecule has 98 valence electrons. The Bertz CT molecular complexity index is 682. The van der Waals surface area contributed by atoms with Gasteiger partial charge in [-0.2, -0.15) is 0 Å². The lowest BCUT2D eigenvalue weighted by molar-refractivity contribution is 0.0931. The van der Waals surface area contributed by atoms with Gasteiger partial charge in [-0.3, -0.25) is 4.79 Å². The molecule has 0 radical (unpaired) electrons. The van der Waals surface area contributed by atoms with Gasteiger partial charge in [0.1, 0.15) is 11.3 Å². The van der Waals surface area contributed by atoms with Crippen molar-refractivity contribution in [2.75, 3.05) is 6.54 Å². The lowest BCUT2D eigenvalue weighted by atomic mass is 10.0. The van der Waals surface area contributed by atoms with Crippen molar-refractivity contribution in [2.24, 2.45) is 0 Å². The number of fused-ring (bicyclic) bond motifs is 3. The van der Waals surface area contributed by atoms with Gasteiger partial charge in [-0.15, -0.1) is 0 Å². The van der Waals surface area contributed by atoms with E-state index in [-0.39, 0.29) is 11.7 Å². The molecule has 0 unspecified atom stereocenters. The van der Waals surface area contributed by atoms with Crippen molar-refractivity contribution in [1.82, 2.24) is 5.32 Å². The lowest BCUT2D eigenvalue weighted by Gasteiger charge is -2.03. The molecule has 0 aliphatic carbocycles. The highest BCUT2D eigenvalue weighted by molar-refractivity contribution is 6.02. The van der Waals surface area contributed by atoms with Crippen molar-refractivity contribution < 1.29 is 14.3 Å². The number of hydrogen-bond acceptors (Lipinski definition) is 3. The summed E-state index contributed by atoms with van der Waals surface area (Å²) in [6, 6.07) is 3.30. The second-order valence-electron chi connectivity index (χ2n) is 4.64. The van der Waals surface area contributed by atoms with Crippen LogP contribution >= 0.6 is 0 Å². The molecule has 0 spiro atoms. The van der Waals surface area contributed by atoms with Gasteiger partial charge in [0.15, 0.2) is 5.76 Å². The highest BCUT2D eigenvalue weighted by Crippen LogP contribution is 2.36. The zero-order valence-corrected chi connectivity index (χ0v) is 10.7. The number of carbonyl (C=O) groups is 1. The molecule has 1 aromatic carbocycles. The number of carbonyl (C=O) groups excluding carboxylic acids is 1. The molecule has 0 fully saturated rings. The maximum atomic E-state index is 11.9. The summed E-state index contributed by atoms with van der Waals surface area (Å²) in [5.41, 5.74) is 2.27. The Hall–Kier alpha value is -2.23. The zero-order valence-electron chi connectivity index (χ0n) is 10.7. The van der Waals surface area contributed by atoms with Gasteiger partial charge in [0, 0.05) is 23.1 Å². The predicted molar refractivity (Wildman–Crippen MR) is 73.2 cm³/mol. The van der Waals surface area contributed by atoms with Crippen molar-refractivity contribution in [2.45, 2.75) is 19.8 Å². The molecule has 2 aromatic rings. The number of nitrogens with one attached hydrogen (secondary N) is 1. The molecular weight excluding hydrogens is 242 g/mol. The molecule has 0 saturated heterocycles. The van der Waals surface area contributed by atoms with Crippen LogP contribution in [-0.4, -0.2) is 17.6 Å². The third-order valence-corrected chi connectivity index (χ3v) is 3.40. The molecule has 0 bridgehead atoms. The molecule has 1 amide bonds. The molecule has 3 rings (SSSR count). The molecular formula is C15H15NO3. The van der Waals surface area contributed by atoms with Crippen molar-refractivity contribution >= 4 is 23.0 Å². The highest BCUT2D eigenvalue weighted by Gasteiger charge is 2.24. The van der Waals surface area contributed by atoms with E-state index in [1.165, 1.54) is 0 Å². The standard InChI is InChI=1S/C15H15NO3/c1-2-4-9-11(17)6-7-12-13(9)10-5-3-8-16-15(18)14(10)19-12/h2,4,6-7,17H,3,5,8H2,1H3,(H,16,18). The molecule has 1 aliphatic rings. The Labute approximate surface area is 110 Å². The molecule has 2 N–H and O–H groups in total. The van der Waals surface area contributed by atoms with Crippen LogP contribution in [0.3, 0.4) is 0 Å². The predicted octanol–water partition coefficient (Wildman–Crippen LogP) is 2.85. The molecule has 0 saturated carbocycles. The number of aryl methyl sites for hydroxylation is 1. The summed E-state index contributed by atoms with van der Waals surface area (Å²) in [6.45, 7) is 2.55. The van der Waals surface area contributed by atoms with Crippen LogP contribution in [0.4, 0.5) is 0 Å². The van der Waals surface area contributed by atoms with E-state index in [1.54, 1.807) is 12.1 Å². The summed E-state index contributed by atoms with van der Waals surface area (Å²) in [4.78, 5) is 11.9. The summed E-state index contributed by atoms with van der Waals surface area (Å²) in [7, 11) is 0. The maximum Gasteiger partial charge on any atom is 0.287 e.